The molecule has 2 saturated heterocycles. The highest BCUT2D eigenvalue weighted by molar-refractivity contribution is 5.73. The highest BCUT2D eigenvalue weighted by Gasteiger charge is 2.29. The van der Waals surface area contributed by atoms with Gasteiger partial charge in [-0.1, -0.05) is 6.92 Å². The van der Waals surface area contributed by atoms with Gasteiger partial charge in [-0.2, -0.15) is 0 Å². The number of carbonyl (C=O) groups excluding carboxylic acids is 1. The molecule has 0 saturated carbocycles. The third-order valence-corrected chi connectivity index (χ3v) is 5.78. The molecule has 2 aliphatic rings. The Morgan fingerprint density at radius 1 is 1.32 bits per heavy atom. The second-order valence-electron chi connectivity index (χ2n) is 7.64. The van der Waals surface area contributed by atoms with Crippen LogP contribution < -0.4 is 0 Å². The van der Waals surface area contributed by atoms with E-state index >= 15 is 0 Å². The van der Waals surface area contributed by atoms with Crippen LogP contribution >= 0.6 is 0 Å². The van der Waals surface area contributed by atoms with E-state index in [0.717, 1.165) is 63.0 Å². The van der Waals surface area contributed by atoms with Crippen molar-refractivity contribution in [2.75, 3.05) is 39.8 Å². The van der Waals surface area contributed by atoms with Gasteiger partial charge >= 0.3 is 0 Å². The lowest BCUT2D eigenvalue weighted by molar-refractivity contribution is -0.130. The molecule has 25 heavy (non-hydrogen) atoms. The average molecular weight is 348 g/mol. The minimum atomic E-state index is 0.221. The summed E-state index contributed by atoms with van der Waals surface area (Å²) >= 11 is 0. The first-order valence-corrected chi connectivity index (χ1v) is 9.66. The number of oxazole rings is 1. The largest absolute Gasteiger partial charge is 0.444 e. The molecule has 2 aliphatic heterocycles. The zero-order chi connectivity index (χ0) is 17.8. The lowest BCUT2D eigenvalue weighted by Crippen LogP contribution is -2.41. The molecule has 1 atom stereocenters. The molecule has 0 bridgehead atoms. The maximum Gasteiger partial charge on any atom is 0.219 e. The normalized spacial score (nSPS) is 22.9. The van der Waals surface area contributed by atoms with E-state index < -0.39 is 0 Å². The molecule has 6 nitrogen and oxygen atoms in total. The summed E-state index contributed by atoms with van der Waals surface area (Å²) in [7, 11) is 2.18. The Morgan fingerprint density at radius 2 is 2.08 bits per heavy atom. The number of aromatic nitrogens is 1. The van der Waals surface area contributed by atoms with E-state index in [1.807, 2.05) is 11.1 Å². The van der Waals surface area contributed by atoms with E-state index in [-0.39, 0.29) is 5.91 Å². The van der Waals surface area contributed by atoms with Gasteiger partial charge in [0.2, 0.25) is 11.8 Å². The van der Waals surface area contributed by atoms with Crippen molar-refractivity contribution in [3.8, 4) is 0 Å². The number of carbonyl (C=O) groups is 1. The summed E-state index contributed by atoms with van der Waals surface area (Å²) in [6, 6.07) is 0.578. The topological polar surface area (TPSA) is 52.8 Å². The molecule has 140 valence electrons. The monoisotopic (exact) mass is 348 g/mol. The van der Waals surface area contributed by atoms with Crippen LogP contribution in [-0.4, -0.2) is 71.4 Å². The first kappa shape index (κ1) is 18.4. The molecule has 1 aromatic rings. The Bertz CT molecular complexity index is 566. The Hall–Kier alpha value is -1.40. The van der Waals surface area contributed by atoms with E-state index in [0.29, 0.717) is 6.04 Å². The number of likely N-dealkylation sites (tertiary alicyclic amines) is 2. The first-order valence-electron chi connectivity index (χ1n) is 9.66. The first-order chi connectivity index (χ1) is 12.0. The highest BCUT2D eigenvalue weighted by Crippen LogP contribution is 2.23. The van der Waals surface area contributed by atoms with Crippen molar-refractivity contribution in [1.82, 2.24) is 19.7 Å². The minimum Gasteiger partial charge on any atom is -0.444 e. The number of amides is 1. The van der Waals surface area contributed by atoms with Crippen molar-refractivity contribution >= 4 is 5.91 Å². The highest BCUT2D eigenvalue weighted by atomic mass is 16.4. The lowest BCUT2D eigenvalue weighted by Gasteiger charge is -2.33. The van der Waals surface area contributed by atoms with Crippen LogP contribution in [-0.2, 0) is 17.8 Å². The van der Waals surface area contributed by atoms with Gasteiger partial charge in [-0.05, 0) is 38.8 Å². The van der Waals surface area contributed by atoms with Gasteiger partial charge in [0.05, 0.1) is 12.7 Å². The summed E-state index contributed by atoms with van der Waals surface area (Å²) in [5.74, 6) is 2.75. The predicted molar refractivity (Wildman–Crippen MR) is 97.2 cm³/mol. The van der Waals surface area contributed by atoms with Gasteiger partial charge in [-0.3, -0.25) is 9.69 Å². The van der Waals surface area contributed by atoms with E-state index in [1.165, 1.54) is 19.5 Å². The molecule has 2 fully saturated rings. The average Bonchev–Trinajstić information content (AvgIpc) is 3.24. The Morgan fingerprint density at radius 3 is 2.72 bits per heavy atom. The molecule has 6 heteroatoms. The summed E-state index contributed by atoms with van der Waals surface area (Å²) in [6.45, 7) is 9.90. The molecule has 0 unspecified atom stereocenters. The molecule has 1 aromatic heterocycles. The molecule has 3 rings (SSSR count). The van der Waals surface area contributed by atoms with Crippen LogP contribution in [0.5, 0.6) is 0 Å². The molecule has 1 amide bonds. The van der Waals surface area contributed by atoms with Gasteiger partial charge in [-0.15, -0.1) is 0 Å². The SMILES string of the molecule is CCc1cnc(CN(C)[C@H]2CCN(CC3CCN(C(C)=O)CC3)C2)o1. The van der Waals surface area contributed by atoms with Crippen LogP contribution in [0.1, 0.15) is 44.8 Å². The number of aryl methyl sites for hydroxylation is 1. The second kappa shape index (κ2) is 8.32. The number of rotatable bonds is 6. The van der Waals surface area contributed by atoms with Crippen LogP contribution in [0.4, 0.5) is 0 Å². The van der Waals surface area contributed by atoms with E-state index in [2.05, 4.69) is 28.8 Å². The fraction of sp³-hybridized carbons (Fsp3) is 0.789. The standard InChI is InChI=1S/C19H32N4O2/c1-4-18-11-20-19(25-18)14-21(3)17-7-8-22(13-17)12-16-5-9-23(10-6-16)15(2)24/h11,16-17H,4-10,12-14H2,1-3H3/t17-/m0/s1. The zero-order valence-electron chi connectivity index (χ0n) is 15.9. The molecule has 0 aliphatic carbocycles. The van der Waals surface area contributed by atoms with Crippen LogP contribution in [0.25, 0.3) is 0 Å². The fourth-order valence-electron chi connectivity index (χ4n) is 4.06. The minimum absolute atomic E-state index is 0.221. The van der Waals surface area contributed by atoms with Gasteiger partial charge in [0.25, 0.3) is 0 Å². The van der Waals surface area contributed by atoms with Crippen LogP contribution in [0.15, 0.2) is 10.6 Å². The Labute approximate surface area is 151 Å². The predicted octanol–water partition coefficient (Wildman–Crippen LogP) is 2.00. The van der Waals surface area contributed by atoms with Gasteiger partial charge in [-0.25, -0.2) is 4.98 Å². The van der Waals surface area contributed by atoms with Gasteiger partial charge in [0.15, 0.2) is 0 Å². The summed E-state index contributed by atoms with van der Waals surface area (Å²) in [5, 5.41) is 0. The maximum atomic E-state index is 11.4. The number of hydrogen-bond acceptors (Lipinski definition) is 5. The molecule has 0 aromatic carbocycles. The Balaban J connectivity index is 1.41. The summed E-state index contributed by atoms with van der Waals surface area (Å²) in [6.07, 6.45) is 6.25. The quantitative estimate of drug-likeness (QED) is 0.787. The van der Waals surface area contributed by atoms with Gasteiger partial charge in [0, 0.05) is 45.6 Å². The smallest absolute Gasteiger partial charge is 0.219 e. The van der Waals surface area contributed by atoms with Crippen molar-refractivity contribution in [3.63, 3.8) is 0 Å². The fourth-order valence-corrected chi connectivity index (χ4v) is 4.06. The van der Waals surface area contributed by atoms with Crippen molar-refractivity contribution in [1.29, 1.82) is 0 Å². The van der Waals surface area contributed by atoms with E-state index in [4.69, 9.17) is 4.42 Å². The third-order valence-electron chi connectivity index (χ3n) is 5.78. The maximum absolute atomic E-state index is 11.4. The summed E-state index contributed by atoms with van der Waals surface area (Å²) in [4.78, 5) is 22.8. The number of piperidine rings is 1. The molecular weight excluding hydrogens is 316 g/mol. The number of hydrogen-bond donors (Lipinski definition) is 0. The lowest BCUT2D eigenvalue weighted by atomic mass is 9.96. The van der Waals surface area contributed by atoms with E-state index in [1.54, 1.807) is 6.92 Å². The van der Waals surface area contributed by atoms with Crippen molar-refractivity contribution in [2.24, 2.45) is 5.92 Å². The molecule has 3 heterocycles. The molecule has 0 radical (unpaired) electrons. The van der Waals surface area contributed by atoms with Crippen molar-refractivity contribution in [2.45, 2.75) is 52.1 Å². The van der Waals surface area contributed by atoms with Gasteiger partial charge < -0.3 is 14.2 Å². The number of likely N-dealkylation sites (N-methyl/N-ethyl adjacent to an activating group) is 1. The number of nitrogens with zero attached hydrogens (tertiary/aromatic N) is 4. The Kier molecular flexibility index (Phi) is 6.12. The molecule has 0 spiro atoms. The van der Waals surface area contributed by atoms with Crippen molar-refractivity contribution < 1.29 is 9.21 Å². The van der Waals surface area contributed by atoms with Crippen molar-refractivity contribution in [3.05, 3.63) is 17.8 Å². The molecule has 0 N–H and O–H groups in total. The zero-order valence-corrected chi connectivity index (χ0v) is 15.9. The van der Waals surface area contributed by atoms with Gasteiger partial charge in [0.1, 0.15) is 5.76 Å². The summed E-state index contributed by atoms with van der Waals surface area (Å²) in [5.41, 5.74) is 0. The van der Waals surface area contributed by atoms with Crippen LogP contribution in [0.3, 0.4) is 0 Å². The molecular formula is C19H32N4O2. The second-order valence-corrected chi connectivity index (χ2v) is 7.64. The summed E-state index contributed by atoms with van der Waals surface area (Å²) < 4.78 is 5.74. The van der Waals surface area contributed by atoms with Crippen LogP contribution in [0, 0.1) is 5.92 Å². The van der Waals surface area contributed by atoms with Crippen LogP contribution in [0.2, 0.25) is 0 Å². The van der Waals surface area contributed by atoms with E-state index in [9.17, 15) is 4.79 Å². The third kappa shape index (κ3) is 4.82.